The number of aromatic nitrogens is 4. The molecule has 78 valence electrons. The highest BCUT2D eigenvalue weighted by Gasteiger charge is 2.03. The number of pyridine rings is 1. The minimum atomic E-state index is 0.481. The maximum atomic E-state index is 5.70. The van der Waals surface area contributed by atoms with Gasteiger partial charge in [-0.1, -0.05) is 25.7 Å². The lowest BCUT2D eigenvalue weighted by atomic mass is 10.2. The van der Waals surface area contributed by atoms with Gasteiger partial charge in [-0.2, -0.15) is 0 Å². The largest absolute Gasteiger partial charge is 0.244 e. The van der Waals surface area contributed by atoms with Gasteiger partial charge >= 0.3 is 0 Å². The molecule has 0 unspecified atom stereocenters. The number of hydrogen-bond acceptors (Lipinski definition) is 4. The molecule has 0 N–H and O–H groups in total. The second-order valence-corrected chi connectivity index (χ2v) is 5.48. The lowest BCUT2D eigenvalue weighted by molar-refractivity contribution is 0.704. The fourth-order valence-corrected chi connectivity index (χ4v) is 2.27. The Hall–Kier alpha value is -0.340. The summed E-state index contributed by atoms with van der Waals surface area (Å²) in [6.07, 6.45) is 3.57. The van der Waals surface area contributed by atoms with Crippen LogP contribution in [-0.4, -0.2) is 20.0 Å². The van der Waals surface area contributed by atoms with Crippen molar-refractivity contribution in [3.05, 3.63) is 29.7 Å². The molecule has 0 fully saturated rings. The van der Waals surface area contributed by atoms with E-state index in [0.29, 0.717) is 5.15 Å². The highest BCUT2D eigenvalue weighted by molar-refractivity contribution is 14.2. The van der Waals surface area contributed by atoms with Gasteiger partial charge < -0.3 is 0 Å². The van der Waals surface area contributed by atoms with Crippen molar-refractivity contribution in [1.29, 1.82) is 0 Å². The second-order valence-electron chi connectivity index (χ2n) is 2.75. The molecule has 0 aromatic carbocycles. The van der Waals surface area contributed by atoms with Gasteiger partial charge in [-0.3, -0.25) is 0 Å². The number of nitrogens with zero attached hydrogens (tertiary/aromatic N) is 4. The molecule has 0 aliphatic carbocycles. The van der Waals surface area contributed by atoms with Crippen LogP contribution in [0.2, 0.25) is 5.15 Å². The third kappa shape index (κ3) is 2.82. The standard InChI is InChI=1S/C8H6ClIN4S/c9-8-2-1-6(3-11-8)7-4-14(5-15-10)13-12-7/h1-4H,5H2. The zero-order chi connectivity index (χ0) is 10.7. The van der Waals surface area contributed by atoms with Crippen molar-refractivity contribution >= 4 is 41.7 Å². The van der Waals surface area contributed by atoms with Crippen LogP contribution in [-0.2, 0) is 5.88 Å². The van der Waals surface area contributed by atoms with Crippen LogP contribution in [0.5, 0.6) is 0 Å². The summed E-state index contributed by atoms with van der Waals surface area (Å²) < 4.78 is 1.78. The molecule has 0 saturated carbocycles. The molecular formula is C8H6ClIN4S. The topological polar surface area (TPSA) is 43.6 Å². The summed E-state index contributed by atoms with van der Waals surface area (Å²) >= 11 is 7.91. The van der Waals surface area contributed by atoms with E-state index in [0.717, 1.165) is 17.1 Å². The molecule has 0 amide bonds. The van der Waals surface area contributed by atoms with Crippen LogP contribution in [0.3, 0.4) is 0 Å². The minimum absolute atomic E-state index is 0.481. The zero-order valence-corrected chi connectivity index (χ0v) is 11.2. The van der Waals surface area contributed by atoms with Gasteiger partial charge in [0.1, 0.15) is 10.8 Å². The summed E-state index contributed by atoms with van der Waals surface area (Å²) in [5.41, 5.74) is 1.73. The molecule has 15 heavy (non-hydrogen) atoms. The summed E-state index contributed by atoms with van der Waals surface area (Å²) in [6, 6.07) is 3.61. The van der Waals surface area contributed by atoms with Crippen LogP contribution < -0.4 is 0 Å². The molecule has 0 radical (unpaired) electrons. The van der Waals surface area contributed by atoms with Gasteiger partial charge in [0.25, 0.3) is 0 Å². The van der Waals surface area contributed by atoms with Crippen molar-refractivity contribution in [3.8, 4) is 11.3 Å². The molecule has 0 saturated heterocycles. The SMILES string of the molecule is Clc1ccc(-c2cn(CSI)nn2)cn1. The Balaban J connectivity index is 2.25. The van der Waals surface area contributed by atoms with E-state index < -0.39 is 0 Å². The van der Waals surface area contributed by atoms with Crippen LogP contribution in [0.15, 0.2) is 24.5 Å². The molecule has 4 nitrogen and oxygen atoms in total. The first-order chi connectivity index (χ1) is 7.29. The summed E-state index contributed by atoms with van der Waals surface area (Å²) in [5, 5.41) is 8.51. The minimum Gasteiger partial charge on any atom is -0.244 e. The zero-order valence-electron chi connectivity index (χ0n) is 7.47. The van der Waals surface area contributed by atoms with Gasteiger partial charge in [0.05, 0.1) is 12.1 Å². The highest BCUT2D eigenvalue weighted by Crippen LogP contribution is 2.18. The molecule has 2 rings (SSSR count). The molecule has 2 aromatic rings. The third-order valence-corrected chi connectivity index (χ3v) is 3.16. The third-order valence-electron chi connectivity index (χ3n) is 1.74. The maximum absolute atomic E-state index is 5.70. The molecule has 0 atom stereocenters. The average Bonchev–Trinajstić information content (AvgIpc) is 2.68. The van der Waals surface area contributed by atoms with Gasteiger partial charge in [-0.05, 0) is 33.3 Å². The Kier molecular flexibility index (Phi) is 3.81. The van der Waals surface area contributed by atoms with E-state index in [1.807, 2.05) is 12.3 Å². The van der Waals surface area contributed by atoms with Gasteiger partial charge in [0.2, 0.25) is 0 Å². The van der Waals surface area contributed by atoms with Crippen molar-refractivity contribution in [2.75, 3.05) is 0 Å². The van der Waals surface area contributed by atoms with Crippen molar-refractivity contribution in [3.63, 3.8) is 0 Å². The van der Waals surface area contributed by atoms with E-state index in [-0.39, 0.29) is 0 Å². The Morgan fingerprint density at radius 2 is 2.33 bits per heavy atom. The molecular weight excluding hydrogens is 347 g/mol. The Bertz CT molecular complexity index is 444. The predicted molar refractivity (Wildman–Crippen MR) is 69.9 cm³/mol. The van der Waals surface area contributed by atoms with Gasteiger partial charge in [-0.15, -0.1) is 5.10 Å². The Morgan fingerprint density at radius 3 is 3.00 bits per heavy atom. The molecule has 0 aliphatic rings. The molecule has 0 bridgehead atoms. The number of hydrogen-bond donors (Lipinski definition) is 0. The monoisotopic (exact) mass is 352 g/mol. The van der Waals surface area contributed by atoms with Crippen molar-refractivity contribution in [1.82, 2.24) is 20.0 Å². The second kappa shape index (κ2) is 5.13. The van der Waals surface area contributed by atoms with E-state index in [1.54, 1.807) is 25.9 Å². The summed E-state index contributed by atoms with van der Waals surface area (Å²) in [5.74, 6) is 0.786. The lowest BCUT2D eigenvalue weighted by Crippen LogP contribution is -1.92. The molecule has 0 spiro atoms. The molecule has 2 aromatic heterocycles. The summed E-state index contributed by atoms with van der Waals surface area (Å²) in [6.45, 7) is 0. The quantitative estimate of drug-likeness (QED) is 0.629. The van der Waals surface area contributed by atoms with E-state index >= 15 is 0 Å². The Morgan fingerprint density at radius 1 is 1.47 bits per heavy atom. The lowest BCUT2D eigenvalue weighted by Gasteiger charge is -1.94. The van der Waals surface area contributed by atoms with Crippen LogP contribution in [0.4, 0.5) is 0 Å². The number of rotatable bonds is 3. The fraction of sp³-hybridized carbons (Fsp3) is 0.125. The van der Waals surface area contributed by atoms with E-state index in [1.165, 1.54) is 0 Å². The molecule has 7 heteroatoms. The Labute approximate surface area is 108 Å². The van der Waals surface area contributed by atoms with E-state index in [4.69, 9.17) is 11.6 Å². The predicted octanol–water partition coefficient (Wildman–Crippen LogP) is 3.03. The normalized spacial score (nSPS) is 10.5. The first-order valence-electron chi connectivity index (χ1n) is 4.05. The van der Waals surface area contributed by atoms with E-state index in [9.17, 15) is 0 Å². The highest BCUT2D eigenvalue weighted by atomic mass is 127. The maximum Gasteiger partial charge on any atom is 0.129 e. The van der Waals surface area contributed by atoms with Crippen LogP contribution >= 0.6 is 41.7 Å². The van der Waals surface area contributed by atoms with Gasteiger partial charge in [0.15, 0.2) is 0 Å². The van der Waals surface area contributed by atoms with E-state index in [2.05, 4.69) is 36.5 Å². The van der Waals surface area contributed by atoms with Crippen LogP contribution in [0, 0.1) is 0 Å². The molecule has 2 heterocycles. The fourth-order valence-electron chi connectivity index (χ4n) is 1.07. The van der Waals surface area contributed by atoms with Crippen molar-refractivity contribution in [2.24, 2.45) is 0 Å². The smallest absolute Gasteiger partial charge is 0.129 e. The van der Waals surface area contributed by atoms with Crippen molar-refractivity contribution < 1.29 is 0 Å². The first kappa shape index (κ1) is 11.2. The van der Waals surface area contributed by atoms with Gasteiger partial charge in [0, 0.05) is 11.8 Å². The first-order valence-corrected chi connectivity index (χ1v) is 7.96. The number of halogens is 2. The van der Waals surface area contributed by atoms with Crippen LogP contribution in [0.1, 0.15) is 0 Å². The van der Waals surface area contributed by atoms with Crippen LogP contribution in [0.25, 0.3) is 11.3 Å². The van der Waals surface area contributed by atoms with Crippen molar-refractivity contribution in [2.45, 2.75) is 5.88 Å². The average molecular weight is 353 g/mol. The van der Waals surface area contributed by atoms with Gasteiger partial charge in [-0.25, -0.2) is 9.67 Å². The summed E-state index contributed by atoms with van der Waals surface area (Å²) in [4.78, 5) is 3.99. The molecule has 0 aliphatic heterocycles. The summed E-state index contributed by atoms with van der Waals surface area (Å²) in [7, 11) is 1.66.